The van der Waals surface area contributed by atoms with Crippen LogP contribution in [0.15, 0.2) is 30.5 Å². The zero-order valence-corrected chi connectivity index (χ0v) is 13.1. The number of hydrogen-bond acceptors (Lipinski definition) is 5. The van der Waals surface area contributed by atoms with Crippen molar-refractivity contribution in [1.82, 2.24) is 9.78 Å². The SMILES string of the molecule is CC(C)=O.O=[N+]([O-])c1ccn(Cc2ccc(OC(F)(F)F)c(F)c2)n1. The Balaban J connectivity index is 0.000000705. The van der Waals surface area contributed by atoms with E-state index in [-0.39, 0.29) is 23.7 Å². The number of carbonyl (C=O) groups excluding carboxylic acids is 1. The lowest BCUT2D eigenvalue weighted by Gasteiger charge is -2.10. The summed E-state index contributed by atoms with van der Waals surface area (Å²) in [6.45, 7) is 3.02. The van der Waals surface area contributed by atoms with Crippen molar-refractivity contribution < 1.29 is 32.0 Å². The van der Waals surface area contributed by atoms with Crippen molar-refractivity contribution >= 4 is 11.6 Å². The van der Waals surface area contributed by atoms with Gasteiger partial charge in [-0.1, -0.05) is 6.07 Å². The molecule has 1 heterocycles. The number of Topliss-reactive ketones (excluding diaryl/α,β-unsaturated/α-hetero) is 1. The Morgan fingerprint density at radius 2 is 1.92 bits per heavy atom. The first-order valence-electron chi connectivity index (χ1n) is 6.67. The molecule has 0 radical (unpaired) electrons. The van der Waals surface area contributed by atoms with E-state index in [1.54, 1.807) is 0 Å². The monoisotopic (exact) mass is 363 g/mol. The van der Waals surface area contributed by atoms with Gasteiger partial charge in [-0.05, 0) is 36.5 Å². The number of carbonyl (C=O) groups is 1. The van der Waals surface area contributed by atoms with Crippen molar-refractivity contribution in [2.45, 2.75) is 26.8 Å². The number of hydrogen-bond donors (Lipinski definition) is 0. The number of nitro groups is 1. The smallest absolute Gasteiger partial charge is 0.403 e. The Morgan fingerprint density at radius 3 is 2.36 bits per heavy atom. The highest BCUT2D eigenvalue weighted by molar-refractivity contribution is 5.72. The van der Waals surface area contributed by atoms with Crippen molar-refractivity contribution in [1.29, 1.82) is 0 Å². The molecule has 0 saturated heterocycles. The number of ketones is 1. The maximum atomic E-state index is 13.5. The third-order valence-electron chi connectivity index (χ3n) is 2.38. The van der Waals surface area contributed by atoms with Gasteiger partial charge >= 0.3 is 12.2 Å². The van der Waals surface area contributed by atoms with Crippen molar-refractivity contribution in [2.24, 2.45) is 0 Å². The van der Waals surface area contributed by atoms with Gasteiger partial charge in [-0.2, -0.15) is 4.68 Å². The fourth-order valence-corrected chi connectivity index (χ4v) is 1.57. The minimum atomic E-state index is -4.98. The first-order chi connectivity index (χ1) is 11.5. The summed E-state index contributed by atoms with van der Waals surface area (Å²) in [5.74, 6) is -2.35. The van der Waals surface area contributed by atoms with E-state index in [4.69, 9.17) is 0 Å². The molecule has 0 saturated carbocycles. The van der Waals surface area contributed by atoms with Crippen LogP contribution in [0.25, 0.3) is 0 Å². The van der Waals surface area contributed by atoms with Crippen LogP contribution in [0, 0.1) is 15.9 Å². The second-order valence-electron chi connectivity index (χ2n) is 4.85. The first-order valence-corrected chi connectivity index (χ1v) is 6.67. The lowest BCUT2D eigenvalue weighted by molar-refractivity contribution is -0.389. The number of ether oxygens (including phenoxy) is 1. The molecule has 0 amide bonds. The van der Waals surface area contributed by atoms with Crippen LogP contribution in [0.2, 0.25) is 0 Å². The second-order valence-corrected chi connectivity index (χ2v) is 4.85. The number of benzene rings is 1. The van der Waals surface area contributed by atoms with Crippen molar-refractivity contribution in [3.8, 4) is 5.75 Å². The van der Waals surface area contributed by atoms with E-state index >= 15 is 0 Å². The van der Waals surface area contributed by atoms with Crippen molar-refractivity contribution in [2.75, 3.05) is 0 Å². The number of rotatable bonds is 4. The fourth-order valence-electron chi connectivity index (χ4n) is 1.57. The summed E-state index contributed by atoms with van der Waals surface area (Å²) < 4.78 is 54.0. The largest absolute Gasteiger partial charge is 0.573 e. The molecule has 0 N–H and O–H groups in total. The summed E-state index contributed by atoms with van der Waals surface area (Å²) in [6.07, 6.45) is -3.68. The van der Waals surface area contributed by atoms with Crippen LogP contribution < -0.4 is 4.74 Å². The van der Waals surface area contributed by atoms with Gasteiger partial charge in [0.1, 0.15) is 5.78 Å². The number of halogens is 4. The summed E-state index contributed by atoms with van der Waals surface area (Å²) in [4.78, 5) is 19.2. The number of alkyl halides is 3. The number of nitrogens with zero attached hydrogens (tertiary/aromatic N) is 3. The van der Waals surface area contributed by atoms with E-state index in [0.29, 0.717) is 0 Å². The normalized spacial score (nSPS) is 10.6. The zero-order chi connectivity index (χ0) is 19.2. The van der Waals surface area contributed by atoms with Crippen LogP contribution in [0.1, 0.15) is 19.4 Å². The molecule has 1 aromatic heterocycles. The van der Waals surface area contributed by atoms with Gasteiger partial charge in [-0.3, -0.25) is 0 Å². The predicted octanol–water partition coefficient (Wildman–Crippen LogP) is 3.47. The quantitative estimate of drug-likeness (QED) is 0.472. The maximum Gasteiger partial charge on any atom is 0.573 e. The highest BCUT2D eigenvalue weighted by Crippen LogP contribution is 2.26. The van der Waals surface area contributed by atoms with Gasteiger partial charge in [0.2, 0.25) is 0 Å². The topological polar surface area (TPSA) is 87.3 Å². The summed E-state index contributed by atoms with van der Waals surface area (Å²) in [7, 11) is 0. The Kier molecular flexibility index (Phi) is 6.60. The third kappa shape index (κ3) is 7.42. The third-order valence-corrected chi connectivity index (χ3v) is 2.38. The number of aromatic nitrogens is 2. The van der Waals surface area contributed by atoms with E-state index in [2.05, 4.69) is 9.84 Å². The van der Waals surface area contributed by atoms with Crippen molar-refractivity contribution in [3.63, 3.8) is 0 Å². The van der Waals surface area contributed by atoms with Crippen LogP contribution in [0.5, 0.6) is 5.75 Å². The van der Waals surface area contributed by atoms with Gasteiger partial charge in [-0.15, -0.1) is 13.2 Å². The van der Waals surface area contributed by atoms with E-state index in [1.165, 1.54) is 26.1 Å². The Bertz CT molecular complexity index is 755. The molecule has 7 nitrogen and oxygen atoms in total. The fraction of sp³-hybridized carbons (Fsp3) is 0.286. The average molecular weight is 363 g/mol. The molecular weight excluding hydrogens is 350 g/mol. The van der Waals surface area contributed by atoms with E-state index < -0.39 is 22.9 Å². The Hall–Kier alpha value is -2.98. The van der Waals surface area contributed by atoms with E-state index in [9.17, 15) is 32.5 Å². The molecule has 0 unspecified atom stereocenters. The summed E-state index contributed by atoms with van der Waals surface area (Å²) in [5, 5.41) is 14.0. The van der Waals surface area contributed by atoms with Crippen molar-refractivity contribution in [3.05, 3.63) is 52.0 Å². The molecular formula is C14H13F4N3O4. The predicted molar refractivity (Wildman–Crippen MR) is 77.4 cm³/mol. The Morgan fingerprint density at radius 1 is 1.32 bits per heavy atom. The molecule has 136 valence electrons. The van der Waals surface area contributed by atoms with Gasteiger partial charge < -0.3 is 19.6 Å². The summed E-state index contributed by atoms with van der Waals surface area (Å²) in [5.41, 5.74) is 0.278. The minimum absolute atomic E-state index is 0.0307. The molecule has 0 spiro atoms. The van der Waals surface area contributed by atoms with Crippen LogP contribution in [0.4, 0.5) is 23.4 Å². The highest BCUT2D eigenvalue weighted by Gasteiger charge is 2.32. The molecule has 0 aliphatic heterocycles. The molecule has 0 fully saturated rings. The molecule has 25 heavy (non-hydrogen) atoms. The zero-order valence-electron chi connectivity index (χ0n) is 13.1. The lowest BCUT2D eigenvalue weighted by Crippen LogP contribution is -2.18. The van der Waals surface area contributed by atoms with Crippen LogP contribution in [-0.4, -0.2) is 26.8 Å². The van der Waals surface area contributed by atoms with Gasteiger partial charge in [0.05, 0.1) is 23.9 Å². The molecule has 2 rings (SSSR count). The van der Waals surface area contributed by atoms with Gasteiger partial charge in [-0.25, -0.2) is 4.39 Å². The van der Waals surface area contributed by atoms with Crippen LogP contribution in [-0.2, 0) is 11.3 Å². The molecule has 2 aromatic rings. The minimum Gasteiger partial charge on any atom is -0.403 e. The van der Waals surface area contributed by atoms with Crippen LogP contribution in [0.3, 0.4) is 0 Å². The molecule has 0 aliphatic carbocycles. The van der Waals surface area contributed by atoms with Gasteiger partial charge in [0, 0.05) is 0 Å². The summed E-state index contributed by atoms with van der Waals surface area (Å²) in [6, 6.07) is 4.03. The van der Waals surface area contributed by atoms with Crippen LogP contribution >= 0.6 is 0 Å². The lowest BCUT2D eigenvalue weighted by atomic mass is 10.2. The molecule has 11 heteroatoms. The standard InChI is InChI=1S/C11H7F4N3O3.C3H6O/c12-8-5-7(1-2-9(8)21-11(13,14)15)6-17-4-3-10(16-17)18(19)20;1-3(2)4/h1-5H,6H2;1-2H3. The molecule has 0 atom stereocenters. The first kappa shape index (κ1) is 20.1. The van der Waals surface area contributed by atoms with E-state index in [0.717, 1.165) is 22.9 Å². The van der Waals surface area contributed by atoms with Gasteiger partial charge in [0.25, 0.3) is 0 Å². The van der Waals surface area contributed by atoms with Gasteiger partial charge in [0.15, 0.2) is 11.6 Å². The molecule has 0 aliphatic rings. The molecule has 0 bridgehead atoms. The maximum absolute atomic E-state index is 13.5. The highest BCUT2D eigenvalue weighted by atomic mass is 19.4. The molecule has 1 aromatic carbocycles. The summed E-state index contributed by atoms with van der Waals surface area (Å²) >= 11 is 0. The second kappa shape index (κ2) is 8.22. The Labute approximate surface area is 139 Å². The average Bonchev–Trinajstić information content (AvgIpc) is 2.89. The van der Waals surface area contributed by atoms with E-state index in [1.807, 2.05) is 0 Å².